The summed E-state index contributed by atoms with van der Waals surface area (Å²) in [7, 11) is 0. The van der Waals surface area contributed by atoms with Crippen LogP contribution < -0.4 is 0 Å². The van der Waals surface area contributed by atoms with E-state index in [1.807, 2.05) is 0 Å². The van der Waals surface area contributed by atoms with Crippen LogP contribution in [0.25, 0.3) is 0 Å². The molecule has 80 valence electrons. The molecule has 1 heterocycles. The number of rotatable bonds is 2. The van der Waals surface area contributed by atoms with E-state index < -0.39 is 0 Å². The van der Waals surface area contributed by atoms with Crippen molar-refractivity contribution in [1.82, 2.24) is 0 Å². The van der Waals surface area contributed by atoms with E-state index in [4.69, 9.17) is 9.47 Å². The zero-order valence-corrected chi connectivity index (χ0v) is 8.54. The maximum absolute atomic E-state index is 11.0. The number of hydrogen-bond donors (Lipinski definition) is 0. The van der Waals surface area contributed by atoms with Gasteiger partial charge >= 0.3 is 0 Å². The van der Waals surface area contributed by atoms with E-state index in [1.165, 1.54) is 6.42 Å². The Morgan fingerprint density at radius 3 is 2.57 bits per heavy atom. The van der Waals surface area contributed by atoms with Crippen LogP contribution in [0.1, 0.15) is 44.9 Å². The Hall–Kier alpha value is -0.410. The molecule has 0 amide bonds. The molecule has 0 aromatic heterocycles. The third kappa shape index (κ3) is 2.79. The van der Waals surface area contributed by atoms with Crippen LogP contribution in [0.5, 0.6) is 0 Å². The summed E-state index contributed by atoms with van der Waals surface area (Å²) in [6, 6.07) is 0. The van der Waals surface area contributed by atoms with Gasteiger partial charge in [0.15, 0.2) is 6.29 Å². The van der Waals surface area contributed by atoms with Crippen LogP contribution in [-0.4, -0.2) is 24.8 Å². The molecule has 3 heteroatoms. The second kappa shape index (κ2) is 4.89. The van der Waals surface area contributed by atoms with E-state index in [0.717, 1.165) is 32.3 Å². The zero-order valence-electron chi connectivity index (χ0n) is 8.54. The van der Waals surface area contributed by atoms with Gasteiger partial charge in [-0.05, 0) is 32.1 Å². The molecular weight excluding hydrogens is 180 g/mol. The van der Waals surface area contributed by atoms with Gasteiger partial charge in [0.1, 0.15) is 5.78 Å². The normalized spacial score (nSPS) is 30.6. The van der Waals surface area contributed by atoms with Crippen molar-refractivity contribution in [2.45, 2.75) is 57.3 Å². The highest BCUT2D eigenvalue weighted by molar-refractivity contribution is 5.79. The van der Waals surface area contributed by atoms with Gasteiger partial charge in [-0.1, -0.05) is 0 Å². The molecule has 0 radical (unpaired) electrons. The number of ether oxygens (including phenoxy) is 2. The molecule has 14 heavy (non-hydrogen) atoms. The third-order valence-corrected chi connectivity index (χ3v) is 2.97. The molecule has 2 fully saturated rings. The van der Waals surface area contributed by atoms with Gasteiger partial charge in [-0.2, -0.15) is 0 Å². The molecule has 0 aromatic carbocycles. The Labute approximate surface area is 84.8 Å². The number of hydrogen-bond acceptors (Lipinski definition) is 3. The fraction of sp³-hybridized carbons (Fsp3) is 0.909. The van der Waals surface area contributed by atoms with Gasteiger partial charge in [0, 0.05) is 19.4 Å². The molecule has 0 spiro atoms. The lowest BCUT2D eigenvalue weighted by Crippen LogP contribution is -2.30. The first-order valence-corrected chi connectivity index (χ1v) is 5.63. The monoisotopic (exact) mass is 198 g/mol. The van der Waals surface area contributed by atoms with Crippen molar-refractivity contribution in [3.8, 4) is 0 Å². The van der Waals surface area contributed by atoms with Crippen molar-refractivity contribution in [2.24, 2.45) is 0 Å². The topological polar surface area (TPSA) is 35.5 Å². The molecule has 0 N–H and O–H groups in total. The van der Waals surface area contributed by atoms with Crippen molar-refractivity contribution < 1.29 is 14.3 Å². The molecule has 0 bridgehead atoms. The van der Waals surface area contributed by atoms with Gasteiger partial charge < -0.3 is 9.47 Å². The van der Waals surface area contributed by atoms with Crippen LogP contribution in [0.4, 0.5) is 0 Å². The highest BCUT2D eigenvalue weighted by atomic mass is 16.7. The Balaban J connectivity index is 1.71. The highest BCUT2D eigenvalue weighted by Gasteiger charge is 2.23. The molecule has 3 nitrogen and oxygen atoms in total. The SMILES string of the molecule is O=C1CCC(OC2CCCCO2)CC1. The van der Waals surface area contributed by atoms with Gasteiger partial charge in [0.2, 0.25) is 0 Å². The lowest BCUT2D eigenvalue weighted by molar-refractivity contribution is -0.193. The van der Waals surface area contributed by atoms with Gasteiger partial charge in [-0.3, -0.25) is 4.79 Å². The Kier molecular flexibility index (Phi) is 3.54. The Bertz CT molecular complexity index is 187. The average Bonchev–Trinajstić information content (AvgIpc) is 2.23. The summed E-state index contributed by atoms with van der Waals surface area (Å²) < 4.78 is 11.3. The number of carbonyl (C=O) groups is 1. The van der Waals surface area contributed by atoms with Crippen LogP contribution in [0.3, 0.4) is 0 Å². The number of ketones is 1. The van der Waals surface area contributed by atoms with Crippen molar-refractivity contribution in [2.75, 3.05) is 6.61 Å². The number of Topliss-reactive ketones (excluding diaryl/α,β-unsaturated/α-hetero) is 1. The van der Waals surface area contributed by atoms with E-state index in [0.29, 0.717) is 18.6 Å². The summed E-state index contributed by atoms with van der Waals surface area (Å²) in [5, 5.41) is 0. The van der Waals surface area contributed by atoms with Crippen LogP contribution in [0.15, 0.2) is 0 Å². The first-order chi connectivity index (χ1) is 6.84. The first kappa shape index (κ1) is 10.1. The van der Waals surface area contributed by atoms with E-state index >= 15 is 0 Å². The van der Waals surface area contributed by atoms with Crippen molar-refractivity contribution in [3.05, 3.63) is 0 Å². The summed E-state index contributed by atoms with van der Waals surface area (Å²) in [5.41, 5.74) is 0. The molecular formula is C11H18O3. The fourth-order valence-corrected chi connectivity index (χ4v) is 2.08. The van der Waals surface area contributed by atoms with Crippen LogP contribution >= 0.6 is 0 Å². The molecule has 1 atom stereocenters. The third-order valence-electron chi connectivity index (χ3n) is 2.97. The van der Waals surface area contributed by atoms with Crippen molar-refractivity contribution in [3.63, 3.8) is 0 Å². The minimum absolute atomic E-state index is 0.00181. The lowest BCUT2D eigenvalue weighted by Gasteiger charge is -2.29. The molecule has 1 unspecified atom stereocenters. The molecule has 1 aliphatic carbocycles. The first-order valence-electron chi connectivity index (χ1n) is 5.63. The van der Waals surface area contributed by atoms with Crippen LogP contribution in [0, 0.1) is 0 Å². The predicted molar refractivity (Wildman–Crippen MR) is 51.9 cm³/mol. The second-order valence-corrected chi connectivity index (χ2v) is 4.17. The zero-order chi connectivity index (χ0) is 9.80. The fourth-order valence-electron chi connectivity index (χ4n) is 2.08. The lowest BCUT2D eigenvalue weighted by atomic mass is 9.96. The summed E-state index contributed by atoms with van der Waals surface area (Å²) in [6.07, 6.45) is 6.80. The van der Waals surface area contributed by atoms with E-state index in [-0.39, 0.29) is 12.4 Å². The van der Waals surface area contributed by atoms with Crippen LogP contribution in [-0.2, 0) is 14.3 Å². The van der Waals surface area contributed by atoms with Gasteiger partial charge in [0.25, 0.3) is 0 Å². The van der Waals surface area contributed by atoms with E-state index in [9.17, 15) is 4.79 Å². The maximum atomic E-state index is 11.0. The average molecular weight is 198 g/mol. The predicted octanol–water partition coefficient (Wildman–Crippen LogP) is 2.04. The van der Waals surface area contributed by atoms with E-state index in [1.54, 1.807) is 0 Å². The quantitative estimate of drug-likeness (QED) is 0.681. The van der Waals surface area contributed by atoms with E-state index in [2.05, 4.69) is 0 Å². The molecule has 0 aromatic rings. The standard InChI is InChI=1S/C11H18O3/c12-9-4-6-10(7-5-9)14-11-3-1-2-8-13-11/h10-11H,1-8H2. The molecule has 1 saturated heterocycles. The maximum Gasteiger partial charge on any atom is 0.157 e. The van der Waals surface area contributed by atoms with Gasteiger partial charge in [-0.15, -0.1) is 0 Å². The van der Waals surface area contributed by atoms with Crippen LogP contribution in [0.2, 0.25) is 0 Å². The minimum Gasteiger partial charge on any atom is -0.353 e. The molecule has 1 saturated carbocycles. The largest absolute Gasteiger partial charge is 0.353 e. The van der Waals surface area contributed by atoms with Gasteiger partial charge in [0.05, 0.1) is 6.10 Å². The molecule has 2 aliphatic rings. The minimum atomic E-state index is 0.00181. The number of carbonyl (C=O) groups excluding carboxylic acids is 1. The van der Waals surface area contributed by atoms with Crippen molar-refractivity contribution in [1.29, 1.82) is 0 Å². The van der Waals surface area contributed by atoms with Crippen molar-refractivity contribution >= 4 is 5.78 Å². The molecule has 1 aliphatic heterocycles. The second-order valence-electron chi connectivity index (χ2n) is 4.17. The summed E-state index contributed by atoms with van der Waals surface area (Å²) in [5.74, 6) is 0.384. The Morgan fingerprint density at radius 1 is 1.14 bits per heavy atom. The summed E-state index contributed by atoms with van der Waals surface area (Å²) in [6.45, 7) is 0.830. The highest BCUT2D eigenvalue weighted by Crippen LogP contribution is 2.23. The Morgan fingerprint density at radius 2 is 1.93 bits per heavy atom. The van der Waals surface area contributed by atoms with Gasteiger partial charge in [-0.25, -0.2) is 0 Å². The summed E-state index contributed by atoms with van der Waals surface area (Å²) >= 11 is 0. The smallest absolute Gasteiger partial charge is 0.157 e. The molecule has 2 rings (SSSR count). The summed E-state index contributed by atoms with van der Waals surface area (Å²) in [4.78, 5) is 11.0.